The Morgan fingerprint density at radius 1 is 1.10 bits per heavy atom. The van der Waals surface area contributed by atoms with Gasteiger partial charge in [0.2, 0.25) is 5.91 Å². The molecule has 3 aromatic rings. The van der Waals surface area contributed by atoms with Gasteiger partial charge in [0.05, 0.1) is 17.5 Å². The second-order valence-electron chi connectivity index (χ2n) is 8.22. The summed E-state index contributed by atoms with van der Waals surface area (Å²) in [5.74, 6) is 0.548. The molecule has 0 saturated heterocycles. The molecular weight excluding hydrogens is 429 g/mol. The molecule has 2 aromatic heterocycles. The van der Waals surface area contributed by atoms with Crippen LogP contribution < -0.4 is 4.90 Å². The van der Waals surface area contributed by atoms with Gasteiger partial charge in [-0.05, 0) is 43.0 Å². The van der Waals surface area contributed by atoms with Crippen LogP contribution in [0.15, 0.2) is 36.4 Å². The number of pyridine rings is 1. The van der Waals surface area contributed by atoms with Crippen molar-refractivity contribution in [1.29, 1.82) is 0 Å². The topological polar surface area (TPSA) is 51.0 Å². The molecule has 1 fully saturated rings. The van der Waals surface area contributed by atoms with Gasteiger partial charge in [-0.25, -0.2) is 9.97 Å². The summed E-state index contributed by atoms with van der Waals surface area (Å²) in [6, 6.07) is 11.1. The quantitative estimate of drug-likeness (QED) is 0.491. The van der Waals surface area contributed by atoms with Crippen LogP contribution in [0.25, 0.3) is 11.2 Å². The Kier molecular flexibility index (Phi) is 4.73. The third-order valence-electron chi connectivity index (χ3n) is 6.37. The van der Waals surface area contributed by atoms with Crippen LogP contribution in [-0.2, 0) is 23.3 Å². The van der Waals surface area contributed by atoms with Gasteiger partial charge >= 0.3 is 6.18 Å². The zero-order chi connectivity index (χ0) is 21.8. The summed E-state index contributed by atoms with van der Waals surface area (Å²) >= 11 is 6.00. The Bertz CT molecular complexity index is 1170. The number of aromatic nitrogens is 3. The molecular formula is C22H20ClF3N4O. The first-order valence-electron chi connectivity index (χ1n) is 10.3. The maximum atomic E-state index is 13.4. The van der Waals surface area contributed by atoms with Gasteiger partial charge in [-0.15, -0.1) is 0 Å². The molecule has 1 aliphatic heterocycles. The van der Waals surface area contributed by atoms with E-state index in [1.807, 2.05) is 24.3 Å². The highest BCUT2D eigenvalue weighted by Gasteiger charge is 2.54. The smallest absolute Gasteiger partial charge is 0.325 e. The van der Waals surface area contributed by atoms with Crippen molar-refractivity contribution < 1.29 is 18.0 Å². The van der Waals surface area contributed by atoms with E-state index in [-0.39, 0.29) is 30.6 Å². The molecule has 5 rings (SSSR count). The van der Waals surface area contributed by atoms with Crippen LogP contribution in [0, 0.1) is 0 Å². The van der Waals surface area contributed by atoms with Crippen molar-refractivity contribution >= 4 is 34.4 Å². The number of hydrogen-bond donors (Lipinski definition) is 0. The van der Waals surface area contributed by atoms with Gasteiger partial charge in [-0.1, -0.05) is 36.2 Å². The number of para-hydroxylation sites is 1. The molecule has 1 aliphatic carbocycles. The second-order valence-corrected chi connectivity index (χ2v) is 8.61. The van der Waals surface area contributed by atoms with E-state index in [0.717, 1.165) is 30.5 Å². The molecule has 2 aliphatic rings. The van der Waals surface area contributed by atoms with Gasteiger partial charge in [0.1, 0.15) is 11.0 Å². The number of carbonyl (C=O) groups excluding carboxylic acids is 1. The zero-order valence-corrected chi connectivity index (χ0v) is 17.4. The van der Waals surface area contributed by atoms with E-state index in [1.165, 1.54) is 0 Å². The predicted octanol–water partition coefficient (Wildman–Crippen LogP) is 5.40. The number of rotatable bonds is 5. The molecule has 0 unspecified atom stereocenters. The number of carbonyl (C=O) groups is 1. The number of alkyl halides is 3. The highest BCUT2D eigenvalue weighted by molar-refractivity contribution is 6.29. The average molecular weight is 449 g/mol. The number of nitrogens with zero attached hydrogens (tertiary/aromatic N) is 4. The molecule has 5 nitrogen and oxygen atoms in total. The van der Waals surface area contributed by atoms with Gasteiger partial charge in [0.15, 0.2) is 5.65 Å². The lowest BCUT2D eigenvalue weighted by Crippen LogP contribution is -2.45. The normalized spacial score (nSPS) is 17.4. The number of imidazole rings is 1. The highest BCUT2D eigenvalue weighted by Crippen LogP contribution is 2.53. The van der Waals surface area contributed by atoms with Crippen molar-refractivity contribution in [2.24, 2.45) is 0 Å². The highest BCUT2D eigenvalue weighted by atomic mass is 35.5. The number of aryl methyl sites for hydroxylation is 1. The van der Waals surface area contributed by atoms with E-state index in [0.29, 0.717) is 17.0 Å². The first-order chi connectivity index (χ1) is 14.8. The van der Waals surface area contributed by atoms with Crippen LogP contribution in [0.2, 0.25) is 5.15 Å². The van der Waals surface area contributed by atoms with Crippen LogP contribution in [0.3, 0.4) is 0 Å². The van der Waals surface area contributed by atoms with E-state index in [2.05, 4.69) is 9.97 Å². The van der Waals surface area contributed by atoms with Gasteiger partial charge in [-0.2, -0.15) is 13.2 Å². The van der Waals surface area contributed by atoms with E-state index in [1.54, 1.807) is 21.6 Å². The van der Waals surface area contributed by atoms with Crippen LogP contribution in [-0.4, -0.2) is 26.6 Å². The predicted molar refractivity (Wildman–Crippen MR) is 111 cm³/mol. The molecule has 0 atom stereocenters. The number of halogens is 4. The second kappa shape index (κ2) is 7.22. The molecule has 0 radical (unpaired) electrons. The monoisotopic (exact) mass is 448 g/mol. The molecule has 1 aromatic carbocycles. The zero-order valence-electron chi connectivity index (χ0n) is 16.6. The van der Waals surface area contributed by atoms with Crippen molar-refractivity contribution in [3.63, 3.8) is 0 Å². The van der Waals surface area contributed by atoms with E-state index >= 15 is 0 Å². The molecule has 162 valence electrons. The van der Waals surface area contributed by atoms with E-state index < -0.39 is 18.0 Å². The minimum absolute atomic E-state index is 0.0415. The number of anilines is 1. The molecule has 9 heteroatoms. The van der Waals surface area contributed by atoms with Crippen molar-refractivity contribution in [3.8, 4) is 0 Å². The summed E-state index contributed by atoms with van der Waals surface area (Å²) in [6.07, 6.45) is -2.55. The minimum atomic E-state index is -4.22. The third-order valence-corrected chi connectivity index (χ3v) is 6.58. The largest absolute Gasteiger partial charge is 0.389 e. The number of benzene rings is 1. The Labute approximate surface area is 181 Å². The molecule has 31 heavy (non-hydrogen) atoms. The Morgan fingerprint density at radius 3 is 2.58 bits per heavy atom. The third kappa shape index (κ3) is 3.37. The van der Waals surface area contributed by atoms with Crippen LogP contribution in [0.5, 0.6) is 0 Å². The SMILES string of the molecule is O=C1N(Cc2nc3nc(Cl)ccc3n2CCCC(F)(F)F)c2ccccc2C12CCC2. The standard InChI is InChI=1S/C22H20ClF3N4O/c23-17-8-7-16-19(27-17)28-18(29(16)12-4-11-22(24,25)26)13-30-15-6-2-1-5-14(15)21(20(30)31)9-3-10-21/h1-2,5-8H,3-4,9-13H2. The van der Waals surface area contributed by atoms with Crippen LogP contribution in [0.4, 0.5) is 18.9 Å². The summed E-state index contributed by atoms with van der Waals surface area (Å²) in [7, 11) is 0. The number of fused-ring (bicyclic) bond motifs is 3. The molecule has 1 saturated carbocycles. The van der Waals surface area contributed by atoms with Gasteiger partial charge < -0.3 is 9.47 Å². The first kappa shape index (κ1) is 20.3. The summed E-state index contributed by atoms with van der Waals surface area (Å²) in [5, 5.41) is 0.259. The number of amides is 1. The minimum Gasteiger partial charge on any atom is -0.325 e. The van der Waals surface area contributed by atoms with E-state index in [4.69, 9.17) is 11.6 Å². The lowest BCUT2D eigenvalue weighted by atomic mass is 9.65. The fraction of sp³-hybridized carbons (Fsp3) is 0.409. The summed E-state index contributed by atoms with van der Waals surface area (Å²) < 4.78 is 39.9. The summed E-state index contributed by atoms with van der Waals surface area (Å²) in [6.45, 7) is 0.307. The fourth-order valence-electron chi connectivity index (χ4n) is 4.75. The van der Waals surface area contributed by atoms with Crippen molar-refractivity contribution in [1.82, 2.24) is 14.5 Å². The Hall–Kier alpha value is -2.61. The maximum Gasteiger partial charge on any atom is 0.389 e. The molecule has 1 spiro atoms. The van der Waals surface area contributed by atoms with Crippen molar-refractivity contribution in [2.75, 3.05) is 4.90 Å². The van der Waals surface area contributed by atoms with Crippen LogP contribution >= 0.6 is 11.6 Å². The molecule has 0 bridgehead atoms. The first-order valence-corrected chi connectivity index (χ1v) is 10.7. The van der Waals surface area contributed by atoms with Crippen molar-refractivity contribution in [3.05, 3.63) is 52.9 Å². The lowest BCUT2D eigenvalue weighted by molar-refractivity contribution is -0.135. The molecule has 3 heterocycles. The Morgan fingerprint density at radius 2 is 1.87 bits per heavy atom. The van der Waals surface area contributed by atoms with Crippen molar-refractivity contribution in [2.45, 2.75) is 56.8 Å². The molecule has 0 N–H and O–H groups in total. The van der Waals surface area contributed by atoms with Gasteiger partial charge in [0.25, 0.3) is 0 Å². The molecule has 1 amide bonds. The van der Waals surface area contributed by atoms with Gasteiger partial charge in [-0.3, -0.25) is 4.79 Å². The van der Waals surface area contributed by atoms with Crippen LogP contribution in [0.1, 0.15) is 43.5 Å². The fourth-order valence-corrected chi connectivity index (χ4v) is 4.89. The van der Waals surface area contributed by atoms with E-state index in [9.17, 15) is 18.0 Å². The average Bonchev–Trinajstić information content (AvgIpc) is 3.13. The Balaban J connectivity index is 1.51. The lowest BCUT2D eigenvalue weighted by Gasteiger charge is -2.37. The number of hydrogen-bond acceptors (Lipinski definition) is 3. The summed E-state index contributed by atoms with van der Waals surface area (Å²) in [4.78, 5) is 23.9. The van der Waals surface area contributed by atoms with Gasteiger partial charge in [0, 0.05) is 18.7 Å². The maximum absolute atomic E-state index is 13.4. The summed E-state index contributed by atoms with van der Waals surface area (Å²) in [5.41, 5.74) is 2.40.